The number of nitrogens with one attached hydrogen (secondary N) is 1. The molecule has 52 heavy (non-hydrogen) atoms. The molecule has 1 heterocycles. The highest BCUT2D eigenvalue weighted by molar-refractivity contribution is 6.33. The molecule has 0 radical (unpaired) electrons. The third kappa shape index (κ3) is 6.30. The maximum Gasteiger partial charge on any atom is 0.261 e. The second kappa shape index (κ2) is 15.4. The van der Waals surface area contributed by atoms with E-state index in [0.717, 1.165) is 32.1 Å². The van der Waals surface area contributed by atoms with Crippen LogP contribution in [0.15, 0.2) is 90.4 Å². The Bertz CT molecular complexity index is 1900. The molecule has 3 aromatic rings. The van der Waals surface area contributed by atoms with Crippen molar-refractivity contribution in [2.24, 2.45) is 0 Å². The minimum Gasteiger partial charge on any atom is -0.493 e. The minimum atomic E-state index is -1.61. The molecule has 11 nitrogen and oxygen atoms in total. The number of amides is 2. The van der Waals surface area contributed by atoms with Crippen LogP contribution in [-0.4, -0.2) is 74.7 Å². The molecule has 0 saturated heterocycles. The highest BCUT2D eigenvalue weighted by Gasteiger charge is 2.57. The van der Waals surface area contributed by atoms with Crippen LogP contribution in [0.4, 0.5) is 0 Å². The summed E-state index contributed by atoms with van der Waals surface area (Å²) in [6.07, 6.45) is 7.79. The van der Waals surface area contributed by atoms with Crippen molar-refractivity contribution in [2.45, 2.75) is 56.3 Å². The number of rotatable bonds is 12. The van der Waals surface area contributed by atoms with Crippen molar-refractivity contribution in [3.05, 3.63) is 113 Å². The Labute approximate surface area is 303 Å². The molecule has 0 aromatic heterocycles. The molecule has 11 heteroatoms. The third-order valence-electron chi connectivity index (χ3n) is 10.0. The van der Waals surface area contributed by atoms with Gasteiger partial charge in [0.25, 0.3) is 11.7 Å². The molecule has 2 amide bonds. The van der Waals surface area contributed by atoms with E-state index < -0.39 is 29.2 Å². The Morgan fingerprint density at radius 3 is 1.98 bits per heavy atom. The van der Waals surface area contributed by atoms with Gasteiger partial charge in [-0.05, 0) is 53.8 Å². The Kier molecular flexibility index (Phi) is 10.7. The molecular formula is C41H44N2O9. The summed E-state index contributed by atoms with van der Waals surface area (Å²) < 4.78 is 28.7. The number of benzene rings is 3. The van der Waals surface area contributed by atoms with Gasteiger partial charge < -0.3 is 39.0 Å². The predicted octanol–water partition coefficient (Wildman–Crippen LogP) is 5.53. The van der Waals surface area contributed by atoms with Crippen molar-refractivity contribution < 1.29 is 43.2 Å². The van der Waals surface area contributed by atoms with E-state index in [1.54, 1.807) is 48.6 Å². The van der Waals surface area contributed by atoms with E-state index in [1.807, 2.05) is 30.3 Å². The van der Waals surface area contributed by atoms with Gasteiger partial charge in [0.05, 0.1) is 47.7 Å². The summed E-state index contributed by atoms with van der Waals surface area (Å²) in [5.74, 6) is -0.750. The molecule has 1 saturated carbocycles. The number of nitrogens with zero attached hydrogens (tertiary/aromatic N) is 1. The number of hydrogen-bond acceptors (Lipinski definition) is 9. The van der Waals surface area contributed by atoms with Crippen molar-refractivity contribution in [3.8, 4) is 17.2 Å². The Morgan fingerprint density at radius 1 is 0.788 bits per heavy atom. The topological polar surface area (TPSA) is 133 Å². The second-order valence-electron chi connectivity index (χ2n) is 12.9. The molecule has 1 fully saturated rings. The number of ketones is 1. The van der Waals surface area contributed by atoms with Crippen LogP contribution < -0.4 is 19.5 Å². The van der Waals surface area contributed by atoms with E-state index in [4.69, 9.17) is 23.7 Å². The molecule has 1 unspecified atom stereocenters. The van der Waals surface area contributed by atoms with Crippen LogP contribution in [-0.2, 0) is 30.5 Å². The van der Waals surface area contributed by atoms with Crippen molar-refractivity contribution in [2.75, 3.05) is 35.5 Å². The standard InChI is InChI=1S/C41H44N2O9/c1-48-30-21-20-29(37(51-4)38(30)52-5)35(39(46)42-28-14-10-7-11-15-28)43-40(47)33(26-18-16-25(24-44)17-19-26)34(27-12-8-6-9-13-27)41(43)22-31(49-2)36(45)32(23-41)50-3/h6,8-9,12-13,16-23,28,35,44H,7,10-11,14-15,24H2,1-5H3,(H,42,46). The fourth-order valence-corrected chi connectivity index (χ4v) is 7.62. The van der Waals surface area contributed by atoms with Crippen LogP contribution in [0.1, 0.15) is 60.4 Å². The van der Waals surface area contributed by atoms with Crippen molar-refractivity contribution in [3.63, 3.8) is 0 Å². The molecule has 272 valence electrons. The van der Waals surface area contributed by atoms with Gasteiger partial charge in [0, 0.05) is 17.2 Å². The zero-order chi connectivity index (χ0) is 37.0. The van der Waals surface area contributed by atoms with Gasteiger partial charge in [-0.2, -0.15) is 0 Å². The summed E-state index contributed by atoms with van der Waals surface area (Å²) in [6.45, 7) is -0.181. The number of hydrogen-bond donors (Lipinski definition) is 2. The zero-order valence-corrected chi connectivity index (χ0v) is 30.1. The number of aliphatic hydroxyl groups is 1. The zero-order valence-electron chi connectivity index (χ0n) is 30.1. The van der Waals surface area contributed by atoms with Gasteiger partial charge in [-0.15, -0.1) is 0 Å². The SMILES string of the molecule is COC1=CC2(C=C(OC)C1=O)C(c1ccccc1)=C(c1ccc(CO)cc1)C(=O)N2C(C(=O)NC1CCCCC1)c1ccc(OC)c(OC)c1OC. The van der Waals surface area contributed by atoms with Gasteiger partial charge in [-0.3, -0.25) is 14.4 Å². The molecule has 3 aliphatic rings. The summed E-state index contributed by atoms with van der Waals surface area (Å²) in [4.78, 5) is 45.8. The van der Waals surface area contributed by atoms with Crippen LogP contribution in [0, 0.1) is 0 Å². The van der Waals surface area contributed by atoms with E-state index in [-0.39, 0.29) is 35.7 Å². The van der Waals surface area contributed by atoms with Crippen LogP contribution >= 0.6 is 0 Å². The Hall–Kier alpha value is -5.55. The van der Waals surface area contributed by atoms with Gasteiger partial charge in [0.2, 0.25) is 11.7 Å². The highest BCUT2D eigenvalue weighted by Crippen LogP contribution is 2.55. The predicted molar refractivity (Wildman–Crippen MR) is 194 cm³/mol. The van der Waals surface area contributed by atoms with E-state index in [2.05, 4.69) is 5.32 Å². The molecule has 6 rings (SSSR count). The first-order chi connectivity index (χ1) is 25.3. The lowest BCUT2D eigenvalue weighted by Crippen LogP contribution is -2.54. The molecule has 2 aliphatic carbocycles. The fourth-order valence-electron chi connectivity index (χ4n) is 7.62. The Balaban J connectivity index is 1.72. The van der Waals surface area contributed by atoms with E-state index in [9.17, 15) is 9.90 Å². The Morgan fingerprint density at radius 2 is 1.42 bits per heavy atom. The fraction of sp³-hybridized carbons (Fsp3) is 0.341. The number of carbonyl (C=O) groups excluding carboxylic acids is 3. The van der Waals surface area contributed by atoms with Crippen LogP contribution in [0.3, 0.4) is 0 Å². The first-order valence-electron chi connectivity index (χ1n) is 17.3. The number of methoxy groups -OCH3 is 5. The molecule has 2 N–H and O–H groups in total. The molecule has 1 atom stereocenters. The first-order valence-corrected chi connectivity index (χ1v) is 17.3. The van der Waals surface area contributed by atoms with Crippen molar-refractivity contribution >= 4 is 28.7 Å². The molecule has 1 aliphatic heterocycles. The van der Waals surface area contributed by atoms with Gasteiger partial charge in [0.1, 0.15) is 11.6 Å². The molecule has 3 aromatic carbocycles. The van der Waals surface area contributed by atoms with Gasteiger partial charge in [-0.25, -0.2) is 0 Å². The van der Waals surface area contributed by atoms with E-state index in [0.29, 0.717) is 39.1 Å². The van der Waals surface area contributed by atoms with Crippen molar-refractivity contribution in [1.82, 2.24) is 10.2 Å². The normalized spacial score (nSPS) is 17.8. The maximum atomic E-state index is 15.6. The van der Waals surface area contributed by atoms with Gasteiger partial charge in [-0.1, -0.05) is 73.9 Å². The second-order valence-corrected chi connectivity index (χ2v) is 12.9. The summed E-state index contributed by atoms with van der Waals surface area (Å²) in [6, 6.07) is 18.3. The maximum absolute atomic E-state index is 15.6. The lowest BCUT2D eigenvalue weighted by molar-refractivity contribution is -0.139. The molecule has 1 spiro atoms. The summed E-state index contributed by atoms with van der Waals surface area (Å²) in [5.41, 5.74) is 1.39. The van der Waals surface area contributed by atoms with Gasteiger partial charge in [0.15, 0.2) is 23.0 Å². The summed E-state index contributed by atoms with van der Waals surface area (Å²) in [7, 11) is 7.19. The lowest BCUT2D eigenvalue weighted by Gasteiger charge is -2.43. The third-order valence-corrected chi connectivity index (χ3v) is 10.0. The average molecular weight is 709 g/mol. The number of ether oxygens (including phenoxy) is 5. The van der Waals surface area contributed by atoms with Crippen molar-refractivity contribution in [1.29, 1.82) is 0 Å². The number of Topliss-reactive ketones (excluding diaryl/α,β-unsaturated/α-hetero) is 1. The van der Waals surface area contributed by atoms with Crippen LogP contribution in [0.5, 0.6) is 17.2 Å². The average Bonchev–Trinajstić information content (AvgIpc) is 3.42. The van der Waals surface area contributed by atoms with Gasteiger partial charge >= 0.3 is 0 Å². The molecular weight excluding hydrogens is 664 g/mol. The quantitative estimate of drug-likeness (QED) is 0.249. The largest absolute Gasteiger partial charge is 0.493 e. The number of carbonyl (C=O) groups is 3. The van der Waals surface area contributed by atoms with E-state index in [1.165, 1.54) is 40.4 Å². The summed E-state index contributed by atoms with van der Waals surface area (Å²) >= 11 is 0. The first kappa shape index (κ1) is 36.2. The van der Waals surface area contributed by atoms with Crippen LogP contribution in [0.25, 0.3) is 11.1 Å². The highest BCUT2D eigenvalue weighted by atomic mass is 16.5. The lowest BCUT2D eigenvalue weighted by atomic mass is 9.78. The summed E-state index contributed by atoms with van der Waals surface area (Å²) in [5, 5.41) is 13.1. The monoisotopic (exact) mass is 708 g/mol. The molecule has 0 bridgehead atoms. The number of aliphatic hydroxyl groups excluding tert-OH is 1. The van der Waals surface area contributed by atoms with Crippen LogP contribution in [0.2, 0.25) is 0 Å². The smallest absolute Gasteiger partial charge is 0.261 e. The van der Waals surface area contributed by atoms with E-state index >= 15 is 9.59 Å². The minimum absolute atomic E-state index is 0.0619.